The van der Waals surface area contributed by atoms with E-state index < -0.39 is 9.84 Å². The molecular weight excluding hydrogens is 366 g/mol. The number of aryl methyl sites for hydroxylation is 1. The summed E-state index contributed by atoms with van der Waals surface area (Å²) in [5.74, 6) is 0.158. The van der Waals surface area contributed by atoms with E-state index in [0.29, 0.717) is 10.3 Å². The summed E-state index contributed by atoms with van der Waals surface area (Å²) in [7, 11) is -3.06. The Morgan fingerprint density at radius 2 is 1.36 bits per heavy atom. The smallest absolute Gasteiger partial charge is 0.178 e. The lowest BCUT2D eigenvalue weighted by Gasteiger charge is -2.18. The number of hydrogen-bond donors (Lipinski definition) is 0. The van der Waals surface area contributed by atoms with Crippen molar-refractivity contribution in [2.45, 2.75) is 73.1 Å². The number of rotatable bonds is 4. The number of sulfone groups is 1. The van der Waals surface area contributed by atoms with Gasteiger partial charge in [-0.15, -0.1) is 0 Å². The van der Waals surface area contributed by atoms with Crippen LogP contribution >= 0.6 is 0 Å². The van der Waals surface area contributed by atoms with Crippen LogP contribution in [0.4, 0.5) is 0 Å². The minimum Gasteiger partial charge on any atom is -0.261 e. The lowest BCUT2D eigenvalue weighted by atomic mass is 9.88. The Morgan fingerprint density at radius 1 is 0.821 bits per heavy atom. The van der Waals surface area contributed by atoms with E-state index >= 15 is 0 Å². The molecule has 0 saturated heterocycles. The molecule has 1 aromatic heterocycles. The van der Waals surface area contributed by atoms with E-state index in [1.165, 1.54) is 16.8 Å². The molecule has 0 unspecified atom stereocenters. The summed E-state index contributed by atoms with van der Waals surface area (Å²) >= 11 is 0. The van der Waals surface area contributed by atoms with Crippen molar-refractivity contribution in [2.75, 3.05) is 5.75 Å². The number of hydrogen-bond acceptors (Lipinski definition) is 3. The summed E-state index contributed by atoms with van der Waals surface area (Å²) in [6, 6.07) is 11.5. The molecule has 0 atom stereocenters. The second kappa shape index (κ2) is 9.69. The first-order valence-electron chi connectivity index (χ1n) is 9.95. The van der Waals surface area contributed by atoms with Crippen LogP contribution in [0.25, 0.3) is 0 Å². The minimum atomic E-state index is -3.06. The monoisotopic (exact) mass is 403 g/mol. The van der Waals surface area contributed by atoms with E-state index in [2.05, 4.69) is 65.6 Å². The first-order chi connectivity index (χ1) is 12.7. The molecule has 156 valence electrons. The fourth-order valence-corrected chi connectivity index (χ4v) is 3.62. The summed E-state index contributed by atoms with van der Waals surface area (Å²) in [6.45, 7) is 16.9. The van der Waals surface area contributed by atoms with Crippen molar-refractivity contribution < 1.29 is 8.42 Å². The van der Waals surface area contributed by atoms with Crippen molar-refractivity contribution in [3.63, 3.8) is 0 Å². The lowest BCUT2D eigenvalue weighted by Crippen LogP contribution is -2.10. The molecule has 0 N–H and O–H groups in total. The van der Waals surface area contributed by atoms with Gasteiger partial charge in [-0.2, -0.15) is 0 Å². The third-order valence-corrected chi connectivity index (χ3v) is 5.83. The highest BCUT2D eigenvalue weighted by Gasteiger charge is 2.14. The van der Waals surface area contributed by atoms with Gasteiger partial charge < -0.3 is 0 Å². The van der Waals surface area contributed by atoms with Crippen molar-refractivity contribution in [1.82, 2.24) is 4.98 Å². The fourth-order valence-electron chi connectivity index (χ4n) is 2.74. The van der Waals surface area contributed by atoms with Crippen molar-refractivity contribution >= 4 is 9.84 Å². The zero-order valence-corrected chi connectivity index (χ0v) is 19.7. The van der Waals surface area contributed by atoms with Crippen LogP contribution in [0.2, 0.25) is 0 Å². The van der Waals surface area contributed by atoms with Gasteiger partial charge in [0.1, 0.15) is 0 Å². The van der Waals surface area contributed by atoms with Crippen LogP contribution in [0.1, 0.15) is 65.3 Å². The van der Waals surface area contributed by atoms with Crippen LogP contribution in [0, 0.1) is 17.8 Å². The van der Waals surface area contributed by atoms with Crippen molar-refractivity contribution in [1.29, 1.82) is 0 Å². The van der Waals surface area contributed by atoms with Gasteiger partial charge in [0.05, 0.1) is 10.6 Å². The predicted octanol–water partition coefficient (Wildman–Crippen LogP) is 6.05. The summed E-state index contributed by atoms with van der Waals surface area (Å²) in [5, 5.41) is 0. The zero-order chi connectivity index (χ0) is 21.6. The average Bonchev–Trinajstić information content (AvgIpc) is 2.55. The molecule has 0 radical (unpaired) electrons. The van der Waals surface area contributed by atoms with Gasteiger partial charge >= 0.3 is 0 Å². The molecule has 1 aromatic carbocycles. The van der Waals surface area contributed by atoms with Crippen molar-refractivity contribution in [3.05, 3.63) is 59.4 Å². The Kier molecular flexibility index (Phi) is 8.43. The predicted molar refractivity (Wildman–Crippen MR) is 119 cm³/mol. The normalized spacial score (nSPS) is 12.3. The number of nitrogens with zero attached hydrogens (tertiary/aromatic N) is 1. The van der Waals surface area contributed by atoms with Gasteiger partial charge in [-0.3, -0.25) is 4.98 Å². The third-order valence-electron chi connectivity index (χ3n) is 4.08. The van der Waals surface area contributed by atoms with E-state index in [1.54, 1.807) is 19.1 Å². The van der Waals surface area contributed by atoms with Gasteiger partial charge in [0.15, 0.2) is 9.84 Å². The lowest BCUT2D eigenvalue weighted by molar-refractivity contribution is 0.406. The Balaban J connectivity index is 0.000000292. The molecule has 0 aliphatic carbocycles. The van der Waals surface area contributed by atoms with Crippen LogP contribution in [0.15, 0.2) is 47.5 Å². The molecule has 0 saturated carbocycles. The molecular formula is C24H37NO2S. The SMILES string of the molecule is CCS(=O)(=O)c1ccc(CC(C)(C)C)cc1.Cc1ccc(CC(C)(C)C)nc1. The van der Waals surface area contributed by atoms with Gasteiger partial charge in [0, 0.05) is 11.9 Å². The van der Waals surface area contributed by atoms with E-state index in [1.807, 2.05) is 18.3 Å². The number of pyridine rings is 1. The minimum absolute atomic E-state index is 0.158. The summed E-state index contributed by atoms with van der Waals surface area (Å²) in [6.07, 6.45) is 3.94. The van der Waals surface area contributed by atoms with Gasteiger partial charge in [-0.05, 0) is 59.9 Å². The topological polar surface area (TPSA) is 47.0 Å². The van der Waals surface area contributed by atoms with Gasteiger partial charge in [0.25, 0.3) is 0 Å². The summed E-state index contributed by atoms with van der Waals surface area (Å²) < 4.78 is 23.2. The molecule has 3 nitrogen and oxygen atoms in total. The van der Waals surface area contributed by atoms with Crippen LogP contribution < -0.4 is 0 Å². The van der Waals surface area contributed by atoms with Crippen molar-refractivity contribution in [2.24, 2.45) is 10.8 Å². The van der Waals surface area contributed by atoms with Gasteiger partial charge in [-0.1, -0.05) is 66.7 Å². The van der Waals surface area contributed by atoms with E-state index in [-0.39, 0.29) is 11.2 Å². The second-order valence-electron chi connectivity index (χ2n) is 9.85. The molecule has 1 heterocycles. The van der Waals surface area contributed by atoms with Gasteiger partial charge in [0.2, 0.25) is 0 Å². The van der Waals surface area contributed by atoms with E-state index in [0.717, 1.165) is 12.8 Å². The van der Waals surface area contributed by atoms with E-state index in [4.69, 9.17) is 0 Å². The molecule has 0 fully saturated rings. The molecule has 28 heavy (non-hydrogen) atoms. The van der Waals surface area contributed by atoms with E-state index in [9.17, 15) is 8.42 Å². The highest BCUT2D eigenvalue weighted by atomic mass is 32.2. The van der Waals surface area contributed by atoms with Crippen LogP contribution in [0.5, 0.6) is 0 Å². The maximum Gasteiger partial charge on any atom is 0.178 e. The molecule has 0 aliphatic rings. The summed E-state index contributed by atoms with van der Waals surface area (Å²) in [4.78, 5) is 4.79. The maximum atomic E-state index is 11.6. The summed E-state index contributed by atoms with van der Waals surface area (Å²) in [5.41, 5.74) is 4.16. The number of aromatic nitrogens is 1. The zero-order valence-electron chi connectivity index (χ0n) is 18.8. The Labute approximate surface area is 172 Å². The average molecular weight is 404 g/mol. The van der Waals surface area contributed by atoms with Crippen LogP contribution in [0.3, 0.4) is 0 Å². The molecule has 0 amide bonds. The third kappa shape index (κ3) is 9.50. The van der Waals surface area contributed by atoms with Crippen molar-refractivity contribution in [3.8, 4) is 0 Å². The highest BCUT2D eigenvalue weighted by molar-refractivity contribution is 7.91. The standard InChI is InChI=1S/C13H20O2S.C11H17N/c1-5-16(14,15)12-8-6-11(7-9-12)10-13(2,3)4;1-9-5-6-10(12-8-9)7-11(2,3)4/h6-9H,5,10H2,1-4H3;5-6,8H,7H2,1-4H3. The largest absolute Gasteiger partial charge is 0.261 e. The van der Waals surface area contributed by atoms with Crippen LogP contribution in [-0.2, 0) is 22.7 Å². The first-order valence-corrected chi connectivity index (χ1v) is 11.6. The highest BCUT2D eigenvalue weighted by Crippen LogP contribution is 2.22. The second-order valence-corrected chi connectivity index (χ2v) is 12.1. The maximum absolute atomic E-state index is 11.6. The van der Waals surface area contributed by atoms with Gasteiger partial charge in [-0.25, -0.2) is 8.42 Å². The number of benzene rings is 1. The molecule has 2 rings (SSSR count). The Hall–Kier alpha value is -1.68. The first kappa shape index (κ1) is 24.4. The Bertz CT molecular complexity index is 822. The molecule has 0 spiro atoms. The molecule has 4 heteroatoms. The Morgan fingerprint density at radius 3 is 1.75 bits per heavy atom. The quantitative estimate of drug-likeness (QED) is 0.624. The molecule has 0 aliphatic heterocycles. The van der Waals surface area contributed by atoms with Crippen LogP contribution in [-0.4, -0.2) is 19.2 Å². The molecule has 0 bridgehead atoms. The fraction of sp³-hybridized carbons (Fsp3) is 0.542. The molecule has 2 aromatic rings.